The molecule has 10 nitrogen and oxygen atoms in total. The number of amides is 1. The third-order valence-corrected chi connectivity index (χ3v) is 6.66. The number of halogens is 2. The zero-order valence-corrected chi connectivity index (χ0v) is 20.7. The zero-order chi connectivity index (χ0) is 27.1. The Balaban J connectivity index is 1.60. The third-order valence-electron chi connectivity index (χ3n) is 6.66. The average Bonchev–Trinajstić information content (AvgIpc) is 3.46. The molecule has 2 aromatic carbocycles. The quantitative estimate of drug-likeness (QED) is 0.260. The van der Waals surface area contributed by atoms with E-state index in [-0.39, 0.29) is 52.6 Å². The van der Waals surface area contributed by atoms with Crippen molar-refractivity contribution in [2.45, 2.75) is 18.5 Å². The molecule has 1 fully saturated rings. The van der Waals surface area contributed by atoms with Gasteiger partial charge < -0.3 is 31.0 Å². The fourth-order valence-electron chi connectivity index (χ4n) is 5.01. The van der Waals surface area contributed by atoms with Gasteiger partial charge in [-0.2, -0.15) is 9.83 Å². The van der Waals surface area contributed by atoms with E-state index in [2.05, 4.69) is 10.4 Å². The number of aliphatic hydroxyl groups excluding tert-OH is 1. The summed E-state index contributed by atoms with van der Waals surface area (Å²) in [6.45, 7) is 0.154. The molecule has 1 saturated heterocycles. The molecule has 1 aliphatic rings. The Morgan fingerprint density at radius 3 is 2.79 bits per heavy atom. The number of benzene rings is 2. The predicted molar refractivity (Wildman–Crippen MR) is 137 cm³/mol. The number of carbonyl (C=O) groups is 1. The first-order chi connectivity index (χ1) is 18.2. The highest BCUT2D eigenvalue weighted by molar-refractivity contribution is 6.08. The number of aryl methyl sites for hydroxylation is 1. The van der Waals surface area contributed by atoms with Crippen molar-refractivity contribution < 1.29 is 28.1 Å². The normalized spacial score (nSPS) is 17.3. The molecular weight excluding hydrogens is 498 g/mol. The van der Waals surface area contributed by atoms with Crippen molar-refractivity contribution in [2.75, 3.05) is 30.5 Å². The molecule has 0 spiro atoms. The third kappa shape index (κ3) is 4.27. The van der Waals surface area contributed by atoms with Crippen LogP contribution in [0.3, 0.4) is 0 Å². The van der Waals surface area contributed by atoms with Crippen LogP contribution in [0.15, 0.2) is 48.7 Å². The largest absolute Gasteiger partial charge is 0.618 e. The number of ether oxygens (including phenoxy) is 1. The molecule has 38 heavy (non-hydrogen) atoms. The van der Waals surface area contributed by atoms with Crippen molar-refractivity contribution in [1.82, 2.24) is 9.78 Å². The molecule has 1 aliphatic heterocycles. The van der Waals surface area contributed by atoms with Crippen LogP contribution < -0.4 is 25.4 Å². The Hall–Kier alpha value is -4.29. The lowest BCUT2D eigenvalue weighted by Gasteiger charge is -2.28. The molecule has 0 bridgehead atoms. The summed E-state index contributed by atoms with van der Waals surface area (Å²) < 4.78 is 36.7. The van der Waals surface area contributed by atoms with Gasteiger partial charge in [-0.05, 0) is 24.6 Å². The Labute approximate surface area is 216 Å². The summed E-state index contributed by atoms with van der Waals surface area (Å²) in [6.07, 6.45) is 2.11. The van der Waals surface area contributed by atoms with Crippen molar-refractivity contribution in [3.8, 4) is 17.0 Å². The molecule has 3 heterocycles. The number of hydrogen-bond donors (Lipinski definition) is 3. The Morgan fingerprint density at radius 1 is 1.29 bits per heavy atom. The molecular formula is C26H26F2N6O4. The first-order valence-corrected chi connectivity index (χ1v) is 11.9. The fourth-order valence-corrected chi connectivity index (χ4v) is 5.01. The SMILES string of the molecule is COc1cccc(F)c1-c1cccc(C(=O)Nc2cc(F)c3nn(C)cc3c2N2C[C@@H](N)C[C@H]2CO)[n+]1[O-]. The molecule has 0 unspecified atom stereocenters. The minimum absolute atomic E-state index is 0.0782. The summed E-state index contributed by atoms with van der Waals surface area (Å²) in [5.41, 5.74) is 6.18. The Morgan fingerprint density at radius 2 is 2.05 bits per heavy atom. The number of carbonyl (C=O) groups excluding carboxylic acids is 1. The Bertz CT molecular complexity index is 1540. The maximum absolute atomic E-state index is 15.1. The van der Waals surface area contributed by atoms with Crippen LogP contribution in [0.2, 0.25) is 0 Å². The molecule has 5 rings (SSSR count). The number of hydrogen-bond acceptors (Lipinski definition) is 7. The van der Waals surface area contributed by atoms with E-state index in [0.29, 0.717) is 28.8 Å². The van der Waals surface area contributed by atoms with E-state index >= 15 is 4.39 Å². The number of anilines is 2. The highest BCUT2D eigenvalue weighted by atomic mass is 19.1. The fraction of sp³-hybridized carbons (Fsp3) is 0.269. The van der Waals surface area contributed by atoms with Crippen LogP contribution in [0.25, 0.3) is 22.2 Å². The summed E-state index contributed by atoms with van der Waals surface area (Å²) in [7, 11) is 2.99. The van der Waals surface area contributed by atoms with Crippen LogP contribution in [-0.2, 0) is 7.05 Å². The molecule has 1 amide bonds. The topological polar surface area (TPSA) is 133 Å². The minimum atomic E-state index is -0.843. The number of nitrogens with two attached hydrogens (primary N) is 1. The molecule has 4 N–H and O–H groups in total. The van der Waals surface area contributed by atoms with Gasteiger partial charge >= 0.3 is 5.91 Å². The van der Waals surface area contributed by atoms with Gasteiger partial charge in [-0.25, -0.2) is 8.78 Å². The van der Waals surface area contributed by atoms with Crippen LogP contribution in [0, 0.1) is 16.8 Å². The molecule has 4 aromatic rings. The maximum Gasteiger partial charge on any atom is 0.321 e. The standard InChI is InChI=1S/C26H26F2N6O4/c1-32-12-16-24(31-32)18(28)10-19(25(16)33-11-14(29)9-15(33)13-35)30-26(36)21-7-4-6-20(34(21)37)23-17(27)5-3-8-22(23)38-2/h3-8,10,12,14-15,35H,9,11,13,29H2,1-2H3,(H,30,36)/t14-,15-/m0/s1. The van der Waals surface area contributed by atoms with E-state index in [0.717, 1.165) is 6.07 Å². The number of aromatic nitrogens is 3. The number of nitrogens with zero attached hydrogens (tertiary/aromatic N) is 4. The van der Waals surface area contributed by atoms with Crippen LogP contribution in [0.1, 0.15) is 16.9 Å². The number of methoxy groups -OCH3 is 1. The van der Waals surface area contributed by atoms with Gasteiger partial charge in [0.25, 0.3) is 5.69 Å². The molecule has 2 atom stereocenters. The van der Waals surface area contributed by atoms with Crippen LogP contribution in [-0.4, -0.2) is 53.1 Å². The average molecular weight is 525 g/mol. The summed E-state index contributed by atoms with van der Waals surface area (Å²) in [5, 5.41) is 30.5. The van der Waals surface area contributed by atoms with Gasteiger partial charge in [-0.1, -0.05) is 6.07 Å². The van der Waals surface area contributed by atoms with Crippen molar-refractivity contribution in [1.29, 1.82) is 0 Å². The monoisotopic (exact) mass is 524 g/mol. The van der Waals surface area contributed by atoms with E-state index in [1.54, 1.807) is 13.2 Å². The van der Waals surface area contributed by atoms with Gasteiger partial charge in [0.05, 0.1) is 31.1 Å². The highest BCUT2D eigenvalue weighted by Crippen LogP contribution is 2.40. The van der Waals surface area contributed by atoms with E-state index in [4.69, 9.17) is 10.5 Å². The zero-order valence-electron chi connectivity index (χ0n) is 20.7. The smallest absolute Gasteiger partial charge is 0.321 e. The number of nitrogens with one attached hydrogen (secondary N) is 1. The van der Waals surface area contributed by atoms with Crippen molar-refractivity contribution in [2.24, 2.45) is 12.8 Å². The molecule has 12 heteroatoms. The molecule has 0 saturated carbocycles. The second-order valence-electron chi connectivity index (χ2n) is 9.17. The first-order valence-electron chi connectivity index (χ1n) is 11.9. The summed E-state index contributed by atoms with van der Waals surface area (Å²) >= 11 is 0. The van der Waals surface area contributed by atoms with Crippen molar-refractivity contribution in [3.63, 3.8) is 0 Å². The number of pyridine rings is 1. The van der Waals surface area contributed by atoms with Crippen LogP contribution >= 0.6 is 0 Å². The summed E-state index contributed by atoms with van der Waals surface area (Å²) in [5.74, 6) is -2.09. The number of aliphatic hydroxyl groups is 1. The summed E-state index contributed by atoms with van der Waals surface area (Å²) in [4.78, 5) is 15.2. The van der Waals surface area contributed by atoms with E-state index in [9.17, 15) is 19.5 Å². The van der Waals surface area contributed by atoms with Gasteiger partial charge in [0, 0.05) is 49.4 Å². The molecule has 198 valence electrons. The number of fused-ring (bicyclic) bond motifs is 1. The predicted octanol–water partition coefficient (Wildman–Crippen LogP) is 2.31. The van der Waals surface area contributed by atoms with E-state index < -0.39 is 17.5 Å². The number of rotatable bonds is 6. The van der Waals surface area contributed by atoms with Crippen molar-refractivity contribution in [3.05, 3.63) is 71.2 Å². The van der Waals surface area contributed by atoms with E-state index in [1.165, 1.54) is 48.2 Å². The lowest BCUT2D eigenvalue weighted by Crippen LogP contribution is -2.39. The van der Waals surface area contributed by atoms with Crippen LogP contribution in [0.4, 0.5) is 20.2 Å². The second kappa shape index (κ2) is 9.88. The highest BCUT2D eigenvalue weighted by Gasteiger charge is 2.34. The summed E-state index contributed by atoms with van der Waals surface area (Å²) in [6, 6.07) is 8.73. The van der Waals surface area contributed by atoms with Gasteiger partial charge in [-0.15, -0.1) is 0 Å². The van der Waals surface area contributed by atoms with Gasteiger partial charge in [0.2, 0.25) is 5.69 Å². The lowest BCUT2D eigenvalue weighted by molar-refractivity contribution is -0.596. The Kier molecular flexibility index (Phi) is 6.59. The molecule has 0 aliphatic carbocycles. The molecule has 0 radical (unpaired) electrons. The minimum Gasteiger partial charge on any atom is -0.618 e. The van der Waals surface area contributed by atoms with Crippen molar-refractivity contribution >= 4 is 28.2 Å². The first kappa shape index (κ1) is 25.4. The van der Waals surface area contributed by atoms with E-state index in [1.807, 2.05) is 4.90 Å². The second-order valence-corrected chi connectivity index (χ2v) is 9.17. The lowest BCUT2D eigenvalue weighted by atomic mass is 10.1. The molecule has 2 aromatic heterocycles. The van der Waals surface area contributed by atoms with Gasteiger partial charge in [0.15, 0.2) is 5.82 Å². The van der Waals surface area contributed by atoms with Gasteiger partial charge in [-0.3, -0.25) is 9.48 Å². The maximum atomic E-state index is 15.1. The van der Waals surface area contributed by atoms with Gasteiger partial charge in [0.1, 0.15) is 22.6 Å². The van der Waals surface area contributed by atoms with Crippen LogP contribution in [0.5, 0.6) is 5.75 Å².